The molecule has 11 heavy (non-hydrogen) atoms. The minimum Gasteiger partial charge on any atom is -0.353 e. The first-order valence-corrected chi connectivity index (χ1v) is 2.69. The highest BCUT2D eigenvalue weighted by molar-refractivity contribution is 5.68. The summed E-state index contributed by atoms with van der Waals surface area (Å²) >= 11 is 0. The topological polar surface area (TPSA) is 55.1 Å². The number of carbonyl (C=O) groups is 1. The molecule has 0 aromatic carbocycles. The number of alkyl halides is 2. The summed E-state index contributed by atoms with van der Waals surface area (Å²) in [6.45, 7) is 0. The number of hydrogen-bond acceptors (Lipinski definition) is 3. The van der Waals surface area contributed by atoms with Gasteiger partial charge in [0.25, 0.3) is 6.43 Å². The highest BCUT2D eigenvalue weighted by Gasteiger charge is 2.13. The standard InChI is InChI=1S/C5H4F2N2O2/c6-5(7)3-1-4(8-2-10)9-11-3/h1-2,5H,(H,8,9,10). The molecule has 1 rings (SSSR count). The Bertz CT molecular complexity index is 248. The van der Waals surface area contributed by atoms with Crippen molar-refractivity contribution < 1.29 is 18.1 Å². The lowest BCUT2D eigenvalue weighted by Crippen LogP contribution is -1.92. The summed E-state index contributed by atoms with van der Waals surface area (Å²) in [6.07, 6.45) is -2.38. The molecule has 1 aromatic rings. The van der Waals surface area contributed by atoms with E-state index in [0.717, 1.165) is 6.07 Å². The maximum atomic E-state index is 11.8. The molecule has 60 valence electrons. The average molecular weight is 162 g/mol. The van der Waals surface area contributed by atoms with Crippen LogP contribution in [-0.2, 0) is 4.79 Å². The Balaban J connectivity index is 2.73. The zero-order valence-corrected chi connectivity index (χ0v) is 5.25. The minimum absolute atomic E-state index is 0.0182. The van der Waals surface area contributed by atoms with E-state index in [4.69, 9.17) is 0 Å². The molecule has 1 heterocycles. The summed E-state index contributed by atoms with van der Waals surface area (Å²) in [5.74, 6) is -0.579. The second-order valence-electron chi connectivity index (χ2n) is 1.68. The SMILES string of the molecule is O=CNc1cc(C(F)F)on1. The molecule has 0 aliphatic carbocycles. The van der Waals surface area contributed by atoms with Crippen LogP contribution in [0.15, 0.2) is 10.6 Å². The van der Waals surface area contributed by atoms with Crippen LogP contribution in [0.5, 0.6) is 0 Å². The van der Waals surface area contributed by atoms with E-state index >= 15 is 0 Å². The quantitative estimate of drug-likeness (QED) is 0.679. The van der Waals surface area contributed by atoms with Crippen LogP contribution >= 0.6 is 0 Å². The van der Waals surface area contributed by atoms with Crippen LogP contribution in [0, 0.1) is 0 Å². The average Bonchev–Trinajstić information content (AvgIpc) is 2.37. The molecular weight excluding hydrogens is 158 g/mol. The van der Waals surface area contributed by atoms with Crippen molar-refractivity contribution in [1.29, 1.82) is 0 Å². The summed E-state index contributed by atoms with van der Waals surface area (Å²) < 4.78 is 27.7. The van der Waals surface area contributed by atoms with E-state index in [1.54, 1.807) is 0 Å². The summed E-state index contributed by atoms with van der Waals surface area (Å²) in [6, 6.07) is 0.957. The third kappa shape index (κ3) is 1.73. The van der Waals surface area contributed by atoms with Gasteiger partial charge in [-0.1, -0.05) is 5.16 Å². The summed E-state index contributed by atoms with van der Waals surface area (Å²) in [5, 5.41) is 5.19. The van der Waals surface area contributed by atoms with Crippen LogP contribution in [0.25, 0.3) is 0 Å². The van der Waals surface area contributed by atoms with Gasteiger partial charge in [0.05, 0.1) is 0 Å². The maximum Gasteiger partial charge on any atom is 0.298 e. The Morgan fingerprint density at radius 1 is 1.73 bits per heavy atom. The van der Waals surface area contributed by atoms with Crippen LogP contribution in [-0.4, -0.2) is 11.6 Å². The van der Waals surface area contributed by atoms with Crippen molar-refractivity contribution in [1.82, 2.24) is 5.16 Å². The number of amides is 1. The van der Waals surface area contributed by atoms with Gasteiger partial charge in [0.1, 0.15) is 0 Å². The van der Waals surface area contributed by atoms with Gasteiger partial charge in [0.15, 0.2) is 5.82 Å². The number of nitrogens with one attached hydrogen (secondary N) is 1. The highest BCUT2D eigenvalue weighted by Crippen LogP contribution is 2.20. The fourth-order valence-electron chi connectivity index (χ4n) is 0.521. The van der Waals surface area contributed by atoms with Gasteiger partial charge in [0.2, 0.25) is 12.2 Å². The van der Waals surface area contributed by atoms with Crippen molar-refractivity contribution in [3.05, 3.63) is 11.8 Å². The zero-order chi connectivity index (χ0) is 8.27. The molecule has 0 fully saturated rings. The molecule has 0 aliphatic rings. The van der Waals surface area contributed by atoms with Gasteiger partial charge in [0, 0.05) is 6.07 Å². The Kier molecular flexibility index (Phi) is 2.15. The molecule has 4 nitrogen and oxygen atoms in total. The third-order valence-electron chi connectivity index (χ3n) is 0.950. The molecule has 0 unspecified atom stereocenters. The Morgan fingerprint density at radius 3 is 2.91 bits per heavy atom. The molecule has 1 amide bonds. The van der Waals surface area contributed by atoms with Crippen LogP contribution < -0.4 is 5.32 Å². The Labute approximate surface area is 60.2 Å². The summed E-state index contributed by atoms with van der Waals surface area (Å²) in [4.78, 5) is 9.77. The number of hydrogen-bond donors (Lipinski definition) is 1. The number of carbonyl (C=O) groups excluding carboxylic acids is 1. The van der Waals surface area contributed by atoms with Crippen molar-refractivity contribution in [2.24, 2.45) is 0 Å². The number of nitrogens with zero attached hydrogens (tertiary/aromatic N) is 1. The van der Waals surface area contributed by atoms with Gasteiger partial charge in [-0.05, 0) is 0 Å². The smallest absolute Gasteiger partial charge is 0.298 e. The van der Waals surface area contributed by atoms with Gasteiger partial charge in [-0.15, -0.1) is 0 Å². The van der Waals surface area contributed by atoms with E-state index in [0.29, 0.717) is 6.41 Å². The fraction of sp³-hybridized carbons (Fsp3) is 0.200. The maximum absolute atomic E-state index is 11.8. The molecule has 0 atom stereocenters. The summed E-state index contributed by atoms with van der Waals surface area (Å²) in [7, 11) is 0. The van der Waals surface area contributed by atoms with Crippen molar-refractivity contribution >= 4 is 12.2 Å². The van der Waals surface area contributed by atoms with E-state index in [9.17, 15) is 13.6 Å². The van der Waals surface area contributed by atoms with Gasteiger partial charge in [-0.3, -0.25) is 4.79 Å². The first-order valence-electron chi connectivity index (χ1n) is 2.69. The zero-order valence-electron chi connectivity index (χ0n) is 5.25. The van der Waals surface area contributed by atoms with Gasteiger partial charge >= 0.3 is 0 Å². The molecule has 0 radical (unpaired) electrons. The fourth-order valence-corrected chi connectivity index (χ4v) is 0.521. The monoisotopic (exact) mass is 162 g/mol. The highest BCUT2D eigenvalue weighted by atomic mass is 19.3. The molecular formula is C5H4F2N2O2. The molecule has 1 N–H and O–H groups in total. The van der Waals surface area contributed by atoms with Crippen molar-refractivity contribution in [3.8, 4) is 0 Å². The normalized spacial score (nSPS) is 10.1. The van der Waals surface area contributed by atoms with Crippen LogP contribution in [0.1, 0.15) is 12.2 Å². The predicted molar refractivity (Wildman–Crippen MR) is 31.1 cm³/mol. The van der Waals surface area contributed by atoms with Crippen molar-refractivity contribution in [2.45, 2.75) is 6.43 Å². The van der Waals surface area contributed by atoms with Gasteiger partial charge < -0.3 is 9.84 Å². The third-order valence-corrected chi connectivity index (χ3v) is 0.950. The van der Waals surface area contributed by atoms with E-state index in [-0.39, 0.29) is 5.82 Å². The molecule has 0 saturated heterocycles. The second kappa shape index (κ2) is 3.09. The number of rotatable bonds is 3. The molecule has 0 spiro atoms. The number of halogens is 2. The lowest BCUT2D eigenvalue weighted by molar-refractivity contribution is -0.105. The molecule has 1 aromatic heterocycles. The van der Waals surface area contributed by atoms with Crippen LogP contribution in [0.3, 0.4) is 0 Å². The van der Waals surface area contributed by atoms with E-state index in [1.807, 2.05) is 0 Å². The van der Waals surface area contributed by atoms with Gasteiger partial charge in [-0.25, -0.2) is 8.78 Å². The van der Waals surface area contributed by atoms with E-state index in [1.165, 1.54) is 0 Å². The molecule has 6 heteroatoms. The van der Waals surface area contributed by atoms with Crippen LogP contribution in [0.2, 0.25) is 0 Å². The lowest BCUT2D eigenvalue weighted by Gasteiger charge is -1.85. The van der Waals surface area contributed by atoms with Crippen LogP contribution in [0.4, 0.5) is 14.6 Å². The predicted octanol–water partition coefficient (Wildman–Crippen LogP) is 1.18. The lowest BCUT2D eigenvalue weighted by atomic mass is 10.4. The molecule has 0 saturated carbocycles. The first kappa shape index (κ1) is 7.64. The number of aromatic nitrogens is 1. The second-order valence-corrected chi connectivity index (χ2v) is 1.68. The van der Waals surface area contributed by atoms with Gasteiger partial charge in [-0.2, -0.15) is 0 Å². The van der Waals surface area contributed by atoms with Crippen molar-refractivity contribution in [2.75, 3.05) is 5.32 Å². The largest absolute Gasteiger partial charge is 0.353 e. The number of anilines is 1. The first-order chi connectivity index (χ1) is 5.24. The molecule has 0 bridgehead atoms. The minimum atomic E-state index is -2.70. The Morgan fingerprint density at radius 2 is 2.45 bits per heavy atom. The molecule has 0 aliphatic heterocycles. The van der Waals surface area contributed by atoms with E-state index < -0.39 is 12.2 Å². The Hall–Kier alpha value is -1.46. The summed E-state index contributed by atoms with van der Waals surface area (Å²) in [5.41, 5.74) is 0. The van der Waals surface area contributed by atoms with Crippen molar-refractivity contribution in [3.63, 3.8) is 0 Å². The van der Waals surface area contributed by atoms with E-state index in [2.05, 4.69) is 15.0 Å².